The number of ether oxygens (including phenoxy) is 2. The molecule has 9 heteroatoms. The molecule has 0 aliphatic carbocycles. The number of halogens is 1. The number of nitrogens with zero attached hydrogens (tertiary/aromatic N) is 5. The summed E-state index contributed by atoms with van der Waals surface area (Å²) >= 11 is 0. The SMILES string of the molecule is COc1ccc(-c2nc3n(Cc4ccccc4F)cc(-c4cccc(OC)c4)c(=O)n3c2CN(C)CCc2ccccn2)cc1. The molecule has 3 aromatic heterocycles. The molecule has 45 heavy (non-hydrogen) atoms. The zero-order valence-electron chi connectivity index (χ0n) is 25.5. The zero-order chi connectivity index (χ0) is 31.3. The van der Waals surface area contributed by atoms with Crippen LogP contribution in [0.25, 0.3) is 28.2 Å². The number of methoxy groups -OCH3 is 2. The number of hydrogen-bond donors (Lipinski definition) is 0. The van der Waals surface area contributed by atoms with Gasteiger partial charge < -0.3 is 18.9 Å². The van der Waals surface area contributed by atoms with E-state index >= 15 is 0 Å². The molecule has 6 aromatic rings. The highest BCUT2D eigenvalue weighted by Gasteiger charge is 2.23. The van der Waals surface area contributed by atoms with Crippen molar-refractivity contribution in [3.8, 4) is 33.9 Å². The number of pyridine rings is 1. The van der Waals surface area contributed by atoms with E-state index in [1.54, 1.807) is 49.2 Å². The third-order valence-electron chi connectivity index (χ3n) is 7.87. The minimum Gasteiger partial charge on any atom is -0.497 e. The number of rotatable bonds is 11. The molecule has 228 valence electrons. The maximum Gasteiger partial charge on any atom is 0.267 e. The fourth-order valence-electron chi connectivity index (χ4n) is 5.46. The van der Waals surface area contributed by atoms with Crippen LogP contribution >= 0.6 is 0 Å². The molecular formula is C36H34FN5O3. The van der Waals surface area contributed by atoms with Gasteiger partial charge >= 0.3 is 0 Å². The maximum atomic E-state index is 15.0. The Labute approximate surface area is 261 Å². The van der Waals surface area contributed by atoms with E-state index in [1.807, 2.05) is 78.3 Å². The smallest absolute Gasteiger partial charge is 0.267 e. The highest BCUT2D eigenvalue weighted by molar-refractivity contribution is 5.69. The van der Waals surface area contributed by atoms with E-state index in [-0.39, 0.29) is 17.9 Å². The molecule has 0 saturated carbocycles. The summed E-state index contributed by atoms with van der Waals surface area (Å²) in [7, 11) is 5.23. The fourth-order valence-corrected chi connectivity index (χ4v) is 5.46. The molecule has 0 bridgehead atoms. The summed E-state index contributed by atoms with van der Waals surface area (Å²) in [6.07, 6.45) is 4.30. The van der Waals surface area contributed by atoms with Crippen molar-refractivity contribution in [3.05, 3.63) is 137 Å². The van der Waals surface area contributed by atoms with Crippen molar-refractivity contribution in [2.75, 3.05) is 27.8 Å². The van der Waals surface area contributed by atoms with Crippen molar-refractivity contribution < 1.29 is 13.9 Å². The van der Waals surface area contributed by atoms with E-state index in [2.05, 4.69) is 9.88 Å². The molecule has 0 atom stereocenters. The van der Waals surface area contributed by atoms with Crippen molar-refractivity contribution in [1.29, 1.82) is 0 Å². The number of imidazole rings is 1. The summed E-state index contributed by atoms with van der Waals surface area (Å²) in [5.74, 6) is 1.45. The lowest BCUT2D eigenvalue weighted by Crippen LogP contribution is -2.26. The lowest BCUT2D eigenvalue weighted by Gasteiger charge is -2.18. The first-order valence-corrected chi connectivity index (χ1v) is 14.7. The summed E-state index contributed by atoms with van der Waals surface area (Å²) in [5.41, 5.74) is 4.65. The zero-order valence-corrected chi connectivity index (χ0v) is 25.5. The van der Waals surface area contributed by atoms with Crippen LogP contribution in [0.1, 0.15) is 17.0 Å². The van der Waals surface area contributed by atoms with Crippen LogP contribution in [-0.4, -0.2) is 51.6 Å². The van der Waals surface area contributed by atoms with Gasteiger partial charge in [0.05, 0.1) is 37.7 Å². The first-order valence-electron chi connectivity index (χ1n) is 14.7. The molecule has 0 radical (unpaired) electrons. The minimum absolute atomic E-state index is 0.182. The third-order valence-corrected chi connectivity index (χ3v) is 7.87. The van der Waals surface area contributed by atoms with E-state index < -0.39 is 0 Å². The van der Waals surface area contributed by atoms with E-state index in [4.69, 9.17) is 14.5 Å². The van der Waals surface area contributed by atoms with Gasteiger partial charge in [0.2, 0.25) is 5.78 Å². The van der Waals surface area contributed by atoms with Crippen LogP contribution in [-0.2, 0) is 19.5 Å². The molecule has 3 aromatic carbocycles. The molecule has 0 fully saturated rings. The Morgan fingerprint density at radius 2 is 1.64 bits per heavy atom. The topological polar surface area (TPSA) is 73.9 Å². The molecule has 0 spiro atoms. The van der Waals surface area contributed by atoms with E-state index in [0.717, 1.165) is 29.1 Å². The van der Waals surface area contributed by atoms with Crippen LogP contribution in [0.15, 0.2) is 108 Å². The Bertz CT molecular complexity index is 1990. The standard InChI is InChI=1S/C36H34FN5O3/c1-40(20-18-28-11-6-7-19-38-28)24-33-34(25-14-16-29(44-2)17-15-25)39-36-41(22-27-9-4-5-13-32(27)37)23-31(35(43)42(33)36)26-10-8-12-30(21-26)45-3/h4-17,19,21,23H,18,20,22,24H2,1-3H3. The molecule has 0 amide bonds. The van der Waals surface area contributed by atoms with Gasteiger partial charge in [0.15, 0.2) is 0 Å². The number of benzene rings is 3. The van der Waals surface area contributed by atoms with Crippen LogP contribution in [0, 0.1) is 5.82 Å². The van der Waals surface area contributed by atoms with Gasteiger partial charge in [-0.05, 0) is 67.2 Å². The molecular weight excluding hydrogens is 569 g/mol. The second-order valence-corrected chi connectivity index (χ2v) is 10.9. The summed E-state index contributed by atoms with van der Waals surface area (Å²) in [5, 5.41) is 0. The quantitative estimate of drug-likeness (QED) is 0.178. The maximum absolute atomic E-state index is 15.0. The molecule has 0 saturated heterocycles. The van der Waals surface area contributed by atoms with E-state index in [0.29, 0.717) is 47.0 Å². The van der Waals surface area contributed by atoms with Gasteiger partial charge in [-0.25, -0.2) is 13.8 Å². The summed E-state index contributed by atoms with van der Waals surface area (Å²) in [6, 6.07) is 27.6. The predicted octanol–water partition coefficient (Wildman–Crippen LogP) is 6.10. The van der Waals surface area contributed by atoms with Gasteiger partial charge in [-0.3, -0.25) is 9.78 Å². The van der Waals surface area contributed by atoms with Crippen molar-refractivity contribution in [1.82, 2.24) is 23.8 Å². The Morgan fingerprint density at radius 3 is 2.38 bits per heavy atom. The van der Waals surface area contributed by atoms with Gasteiger partial charge in [-0.15, -0.1) is 0 Å². The Morgan fingerprint density at radius 1 is 0.867 bits per heavy atom. The fraction of sp³-hybridized carbons (Fsp3) is 0.194. The van der Waals surface area contributed by atoms with Crippen LogP contribution < -0.4 is 15.0 Å². The number of aromatic nitrogens is 4. The lowest BCUT2D eigenvalue weighted by molar-refractivity contribution is 0.325. The number of fused-ring (bicyclic) bond motifs is 1. The average molecular weight is 604 g/mol. The number of likely N-dealkylation sites (N-methyl/N-ethyl adjacent to an activating group) is 1. The van der Waals surface area contributed by atoms with Crippen LogP contribution in [0.2, 0.25) is 0 Å². The van der Waals surface area contributed by atoms with E-state index in [9.17, 15) is 9.18 Å². The predicted molar refractivity (Wildman–Crippen MR) is 173 cm³/mol. The van der Waals surface area contributed by atoms with Gasteiger partial charge in [0.1, 0.15) is 17.3 Å². The van der Waals surface area contributed by atoms with Gasteiger partial charge in [-0.2, -0.15) is 0 Å². The molecule has 3 heterocycles. The summed E-state index contributed by atoms with van der Waals surface area (Å²) in [4.78, 5) is 26.2. The molecule has 8 nitrogen and oxygen atoms in total. The normalized spacial score (nSPS) is 11.3. The highest BCUT2D eigenvalue weighted by Crippen LogP contribution is 2.29. The molecule has 0 aliphatic rings. The first kappa shape index (κ1) is 29.8. The Balaban J connectivity index is 1.55. The van der Waals surface area contributed by atoms with Crippen molar-refractivity contribution >= 4 is 5.78 Å². The van der Waals surface area contributed by atoms with E-state index in [1.165, 1.54) is 6.07 Å². The second-order valence-electron chi connectivity index (χ2n) is 10.9. The lowest BCUT2D eigenvalue weighted by atomic mass is 10.1. The minimum atomic E-state index is -0.325. The van der Waals surface area contributed by atoms with Crippen LogP contribution in [0.4, 0.5) is 4.39 Å². The first-order chi connectivity index (χ1) is 21.9. The largest absolute Gasteiger partial charge is 0.497 e. The monoisotopic (exact) mass is 603 g/mol. The molecule has 0 aliphatic heterocycles. The van der Waals surface area contributed by atoms with Crippen molar-refractivity contribution in [2.45, 2.75) is 19.5 Å². The third kappa shape index (κ3) is 6.34. The number of hydrogen-bond acceptors (Lipinski definition) is 6. The van der Waals surface area contributed by atoms with Gasteiger partial charge in [0, 0.05) is 48.7 Å². The second kappa shape index (κ2) is 13.2. The van der Waals surface area contributed by atoms with Crippen LogP contribution in [0.5, 0.6) is 11.5 Å². The van der Waals surface area contributed by atoms with Gasteiger partial charge in [0.25, 0.3) is 5.56 Å². The van der Waals surface area contributed by atoms with Crippen LogP contribution in [0.3, 0.4) is 0 Å². The summed E-state index contributed by atoms with van der Waals surface area (Å²) in [6.45, 7) is 1.33. The molecule has 0 N–H and O–H groups in total. The summed E-state index contributed by atoms with van der Waals surface area (Å²) < 4.78 is 29.3. The molecule has 0 unspecified atom stereocenters. The van der Waals surface area contributed by atoms with Crippen molar-refractivity contribution in [3.63, 3.8) is 0 Å². The highest BCUT2D eigenvalue weighted by atomic mass is 19.1. The Hall–Kier alpha value is -5.28. The average Bonchev–Trinajstić information content (AvgIpc) is 3.46. The van der Waals surface area contributed by atoms with Gasteiger partial charge in [-0.1, -0.05) is 36.4 Å². The molecule has 6 rings (SSSR count). The van der Waals surface area contributed by atoms with Crippen molar-refractivity contribution in [2.24, 2.45) is 0 Å². The Kier molecular flexibility index (Phi) is 8.70.